The summed E-state index contributed by atoms with van der Waals surface area (Å²) < 4.78 is 1.51. The van der Waals surface area contributed by atoms with Crippen molar-refractivity contribution in [2.24, 2.45) is 0 Å². The summed E-state index contributed by atoms with van der Waals surface area (Å²) in [6.45, 7) is 3.79. The summed E-state index contributed by atoms with van der Waals surface area (Å²) in [6, 6.07) is 1.88. The van der Waals surface area contributed by atoms with Crippen LogP contribution in [0.3, 0.4) is 0 Å². The predicted octanol–water partition coefficient (Wildman–Crippen LogP) is 2.22. The Balaban J connectivity index is 2.14. The Morgan fingerprint density at radius 1 is 1.25 bits per heavy atom. The van der Waals surface area contributed by atoms with Crippen LogP contribution in [0.25, 0.3) is 16.6 Å². The predicted molar refractivity (Wildman–Crippen MR) is 75.1 cm³/mol. The van der Waals surface area contributed by atoms with Crippen LogP contribution in [-0.2, 0) is 0 Å². The highest BCUT2D eigenvalue weighted by Gasteiger charge is 2.15. The lowest BCUT2D eigenvalue weighted by atomic mass is 10.3. The molecule has 0 unspecified atom stereocenters. The Morgan fingerprint density at radius 2 is 2.00 bits per heavy atom. The zero-order chi connectivity index (χ0) is 14.1. The van der Waals surface area contributed by atoms with E-state index in [0.29, 0.717) is 22.2 Å². The fraction of sp³-hybridized carbons (Fsp3) is 0.154. The van der Waals surface area contributed by atoms with Gasteiger partial charge >= 0.3 is 0 Å². The smallest absolute Gasteiger partial charge is 0.250 e. The fourth-order valence-electron chi connectivity index (χ4n) is 1.89. The van der Waals surface area contributed by atoms with Gasteiger partial charge in [0, 0.05) is 29.2 Å². The third kappa shape index (κ3) is 2.23. The molecule has 0 aliphatic heterocycles. The minimum absolute atomic E-state index is 0.452. The highest BCUT2D eigenvalue weighted by Crippen LogP contribution is 2.23. The lowest BCUT2D eigenvalue weighted by Gasteiger charge is -2.02. The Bertz CT molecular complexity index is 743. The molecule has 0 amide bonds. The third-order valence-corrected chi connectivity index (χ3v) is 3.46. The second-order valence-corrected chi connectivity index (χ2v) is 5.18. The second kappa shape index (κ2) is 4.93. The Hall–Kier alpha value is -2.41. The molecule has 0 radical (unpaired) electrons. The number of aryl methyl sites for hydroxylation is 2. The van der Waals surface area contributed by atoms with Crippen LogP contribution < -0.4 is 0 Å². The normalized spacial score (nSPS) is 10.7. The van der Waals surface area contributed by atoms with Gasteiger partial charge in [-0.1, -0.05) is 0 Å². The van der Waals surface area contributed by atoms with E-state index in [1.165, 1.54) is 16.0 Å². The standard InChI is InChI=1S/C13H11N5OS/c1-8-5-9(2)16-13(15-8)18-6-10(7-19)11(17-18)12-14-3-4-20-12/h3-7H,1-2H3. The van der Waals surface area contributed by atoms with Gasteiger partial charge in [-0.05, 0) is 19.9 Å². The van der Waals surface area contributed by atoms with Crippen molar-refractivity contribution < 1.29 is 4.79 Å². The molecule has 0 aliphatic carbocycles. The molecule has 0 spiro atoms. The van der Waals surface area contributed by atoms with Crippen LogP contribution in [-0.4, -0.2) is 31.0 Å². The van der Waals surface area contributed by atoms with Crippen molar-refractivity contribution in [2.45, 2.75) is 13.8 Å². The minimum atomic E-state index is 0.452. The summed E-state index contributed by atoms with van der Waals surface area (Å²) >= 11 is 1.43. The average Bonchev–Trinajstić information content (AvgIpc) is 3.06. The number of aldehydes is 1. The van der Waals surface area contributed by atoms with Crippen molar-refractivity contribution in [3.8, 4) is 16.6 Å². The number of carbonyl (C=O) groups is 1. The Kier molecular flexibility index (Phi) is 3.11. The monoisotopic (exact) mass is 285 g/mol. The second-order valence-electron chi connectivity index (χ2n) is 4.28. The van der Waals surface area contributed by atoms with Gasteiger partial charge in [-0.3, -0.25) is 4.79 Å². The molecule has 0 aromatic carbocycles. The molecule has 7 heteroatoms. The molecule has 3 rings (SSSR count). The minimum Gasteiger partial charge on any atom is -0.298 e. The highest BCUT2D eigenvalue weighted by molar-refractivity contribution is 7.13. The summed E-state index contributed by atoms with van der Waals surface area (Å²) in [5, 5.41) is 6.93. The van der Waals surface area contributed by atoms with Gasteiger partial charge in [0.25, 0.3) is 5.95 Å². The van der Waals surface area contributed by atoms with E-state index in [9.17, 15) is 4.79 Å². The van der Waals surface area contributed by atoms with E-state index >= 15 is 0 Å². The van der Waals surface area contributed by atoms with Crippen LogP contribution in [0.1, 0.15) is 21.7 Å². The number of carbonyl (C=O) groups excluding carboxylic acids is 1. The molecule has 20 heavy (non-hydrogen) atoms. The fourth-order valence-corrected chi connectivity index (χ4v) is 2.53. The van der Waals surface area contributed by atoms with Crippen LogP contribution in [0.4, 0.5) is 0 Å². The molecule has 0 fully saturated rings. The van der Waals surface area contributed by atoms with Gasteiger partial charge in [0.05, 0.1) is 5.56 Å². The Morgan fingerprint density at radius 3 is 2.60 bits per heavy atom. The van der Waals surface area contributed by atoms with Gasteiger partial charge in [-0.15, -0.1) is 11.3 Å². The SMILES string of the molecule is Cc1cc(C)nc(-n2cc(C=O)c(-c3nccs3)n2)n1. The van der Waals surface area contributed by atoms with Crippen molar-refractivity contribution in [3.05, 3.63) is 40.8 Å². The molecular formula is C13H11N5OS. The van der Waals surface area contributed by atoms with E-state index in [0.717, 1.165) is 17.7 Å². The third-order valence-electron chi connectivity index (χ3n) is 2.68. The highest BCUT2D eigenvalue weighted by atomic mass is 32.1. The van der Waals surface area contributed by atoms with Crippen molar-refractivity contribution in [1.29, 1.82) is 0 Å². The molecule has 0 bridgehead atoms. The quantitative estimate of drug-likeness (QED) is 0.690. The summed E-state index contributed by atoms with van der Waals surface area (Å²) in [5.41, 5.74) is 2.73. The summed E-state index contributed by atoms with van der Waals surface area (Å²) in [5.74, 6) is 0.452. The lowest BCUT2D eigenvalue weighted by molar-refractivity contribution is 0.112. The van der Waals surface area contributed by atoms with Gasteiger partial charge in [0.15, 0.2) is 6.29 Å². The van der Waals surface area contributed by atoms with Crippen LogP contribution >= 0.6 is 11.3 Å². The lowest BCUT2D eigenvalue weighted by Crippen LogP contribution is -2.04. The van der Waals surface area contributed by atoms with E-state index in [2.05, 4.69) is 20.1 Å². The maximum Gasteiger partial charge on any atom is 0.250 e. The molecule has 3 aromatic rings. The maximum atomic E-state index is 11.2. The summed E-state index contributed by atoms with van der Waals surface area (Å²) in [7, 11) is 0. The first-order valence-corrected chi connectivity index (χ1v) is 6.82. The zero-order valence-corrected chi connectivity index (χ0v) is 11.8. The molecule has 0 saturated carbocycles. The van der Waals surface area contributed by atoms with Gasteiger partial charge in [0.1, 0.15) is 10.7 Å². The van der Waals surface area contributed by atoms with Crippen LogP contribution in [0.15, 0.2) is 23.8 Å². The Labute approximate surface area is 119 Å². The number of hydrogen-bond donors (Lipinski definition) is 0. The van der Waals surface area contributed by atoms with E-state index in [-0.39, 0.29) is 0 Å². The van der Waals surface area contributed by atoms with Crippen molar-refractivity contribution in [1.82, 2.24) is 24.7 Å². The molecule has 100 valence electrons. The zero-order valence-electron chi connectivity index (χ0n) is 10.9. The van der Waals surface area contributed by atoms with Crippen molar-refractivity contribution >= 4 is 17.6 Å². The van der Waals surface area contributed by atoms with E-state index in [1.54, 1.807) is 12.4 Å². The number of nitrogens with zero attached hydrogens (tertiary/aromatic N) is 5. The molecule has 0 atom stereocenters. The molecule has 3 heterocycles. The maximum absolute atomic E-state index is 11.2. The average molecular weight is 285 g/mol. The molecule has 0 saturated heterocycles. The molecular weight excluding hydrogens is 274 g/mol. The molecule has 3 aromatic heterocycles. The number of aromatic nitrogens is 5. The number of thiazole rings is 1. The first kappa shape index (κ1) is 12.6. The molecule has 6 nitrogen and oxygen atoms in total. The number of rotatable bonds is 3. The van der Waals surface area contributed by atoms with Crippen molar-refractivity contribution in [3.63, 3.8) is 0 Å². The topological polar surface area (TPSA) is 73.6 Å². The first-order chi connectivity index (χ1) is 9.67. The van der Waals surface area contributed by atoms with Gasteiger partial charge in [0.2, 0.25) is 0 Å². The van der Waals surface area contributed by atoms with Gasteiger partial charge in [-0.25, -0.2) is 19.6 Å². The van der Waals surface area contributed by atoms with Gasteiger partial charge in [-0.2, -0.15) is 5.10 Å². The van der Waals surface area contributed by atoms with Crippen LogP contribution in [0, 0.1) is 13.8 Å². The first-order valence-electron chi connectivity index (χ1n) is 5.95. The van der Waals surface area contributed by atoms with Crippen LogP contribution in [0.2, 0.25) is 0 Å². The number of hydrogen-bond acceptors (Lipinski definition) is 6. The summed E-state index contributed by atoms with van der Waals surface area (Å²) in [4.78, 5) is 24.0. The summed E-state index contributed by atoms with van der Waals surface area (Å²) in [6.07, 6.45) is 4.07. The van der Waals surface area contributed by atoms with Crippen molar-refractivity contribution in [2.75, 3.05) is 0 Å². The van der Waals surface area contributed by atoms with Gasteiger partial charge < -0.3 is 0 Å². The van der Waals surface area contributed by atoms with E-state index in [4.69, 9.17) is 0 Å². The van der Waals surface area contributed by atoms with Crippen LogP contribution in [0.5, 0.6) is 0 Å². The molecule has 0 N–H and O–H groups in total. The van der Waals surface area contributed by atoms with E-state index < -0.39 is 0 Å². The molecule has 0 aliphatic rings. The largest absolute Gasteiger partial charge is 0.298 e. The van der Waals surface area contributed by atoms with E-state index in [1.807, 2.05) is 25.3 Å².